The Balaban J connectivity index is 4.16. The summed E-state index contributed by atoms with van der Waals surface area (Å²) in [6, 6.07) is -0.104. The van der Waals surface area contributed by atoms with Crippen molar-refractivity contribution in [1.82, 2.24) is 9.80 Å². The molecule has 0 aliphatic rings. The van der Waals surface area contributed by atoms with E-state index in [1.54, 1.807) is 11.8 Å². The Morgan fingerprint density at radius 1 is 1.40 bits per heavy atom. The molecule has 0 fully saturated rings. The van der Waals surface area contributed by atoms with Gasteiger partial charge in [-0.15, -0.1) is 0 Å². The van der Waals surface area contributed by atoms with Crippen molar-refractivity contribution in [2.24, 2.45) is 0 Å². The third-order valence-electron chi connectivity index (χ3n) is 2.67. The van der Waals surface area contributed by atoms with E-state index in [9.17, 15) is 9.90 Å². The van der Waals surface area contributed by atoms with Gasteiger partial charge in [0.05, 0.1) is 12.1 Å². The van der Waals surface area contributed by atoms with Crippen molar-refractivity contribution in [2.75, 3.05) is 27.2 Å². The van der Waals surface area contributed by atoms with Gasteiger partial charge in [0.2, 0.25) is 5.91 Å². The van der Waals surface area contributed by atoms with Crippen LogP contribution in [-0.4, -0.2) is 60.1 Å². The van der Waals surface area contributed by atoms with E-state index < -0.39 is 6.10 Å². The Labute approximate surface area is 92.9 Å². The average molecular weight is 216 g/mol. The molecule has 0 aromatic carbocycles. The maximum atomic E-state index is 11.3. The molecule has 0 aromatic heterocycles. The number of nitrogens with zero attached hydrogens (tertiary/aromatic N) is 2. The molecule has 0 bridgehead atoms. The second-order valence-electron chi connectivity index (χ2n) is 4.20. The van der Waals surface area contributed by atoms with Gasteiger partial charge in [-0.05, 0) is 34.4 Å². The Hall–Kier alpha value is -0.610. The second kappa shape index (κ2) is 6.80. The molecule has 1 amide bonds. The molecule has 90 valence electrons. The Morgan fingerprint density at radius 3 is 2.27 bits per heavy atom. The van der Waals surface area contributed by atoms with Gasteiger partial charge >= 0.3 is 0 Å². The summed E-state index contributed by atoms with van der Waals surface area (Å²) in [5.41, 5.74) is 0. The lowest BCUT2D eigenvalue weighted by atomic mass is 10.1. The van der Waals surface area contributed by atoms with Crippen molar-refractivity contribution in [2.45, 2.75) is 39.3 Å². The summed E-state index contributed by atoms with van der Waals surface area (Å²) in [6.07, 6.45) is 0.244. The van der Waals surface area contributed by atoms with E-state index in [0.717, 1.165) is 6.54 Å². The molecular formula is C11H24N2O2. The maximum absolute atomic E-state index is 11.3. The zero-order valence-corrected chi connectivity index (χ0v) is 10.5. The lowest BCUT2D eigenvalue weighted by molar-refractivity contribution is -0.133. The van der Waals surface area contributed by atoms with Crippen LogP contribution >= 0.6 is 0 Å². The third kappa shape index (κ3) is 5.14. The fraction of sp³-hybridized carbons (Fsp3) is 0.909. The first kappa shape index (κ1) is 14.4. The van der Waals surface area contributed by atoms with E-state index >= 15 is 0 Å². The number of carbonyl (C=O) groups is 1. The SMILES string of the molecule is CCN(C(C)=O)C(C)C(O)CCN(C)C. The van der Waals surface area contributed by atoms with Gasteiger partial charge in [-0.3, -0.25) is 4.79 Å². The highest BCUT2D eigenvalue weighted by molar-refractivity contribution is 5.73. The number of hydrogen-bond acceptors (Lipinski definition) is 3. The summed E-state index contributed by atoms with van der Waals surface area (Å²) in [6.45, 7) is 6.84. The van der Waals surface area contributed by atoms with Crippen molar-refractivity contribution in [1.29, 1.82) is 0 Å². The normalized spacial score (nSPS) is 15.1. The number of hydrogen-bond donors (Lipinski definition) is 1. The highest BCUT2D eigenvalue weighted by Gasteiger charge is 2.22. The molecule has 0 radical (unpaired) electrons. The quantitative estimate of drug-likeness (QED) is 0.705. The molecule has 0 aromatic rings. The molecule has 0 heterocycles. The maximum Gasteiger partial charge on any atom is 0.219 e. The highest BCUT2D eigenvalue weighted by Crippen LogP contribution is 2.08. The van der Waals surface area contributed by atoms with E-state index in [0.29, 0.717) is 13.0 Å². The fourth-order valence-corrected chi connectivity index (χ4v) is 1.64. The molecular weight excluding hydrogens is 192 g/mol. The third-order valence-corrected chi connectivity index (χ3v) is 2.67. The van der Waals surface area contributed by atoms with Crippen LogP contribution in [0.15, 0.2) is 0 Å². The first-order valence-corrected chi connectivity index (χ1v) is 5.50. The van der Waals surface area contributed by atoms with Crippen LogP contribution in [0.3, 0.4) is 0 Å². The van der Waals surface area contributed by atoms with Gasteiger partial charge < -0.3 is 14.9 Å². The summed E-state index contributed by atoms with van der Waals surface area (Å²) in [4.78, 5) is 15.0. The molecule has 1 N–H and O–H groups in total. The topological polar surface area (TPSA) is 43.8 Å². The van der Waals surface area contributed by atoms with Crippen LogP contribution in [0.4, 0.5) is 0 Å². The molecule has 0 aliphatic heterocycles. The fourth-order valence-electron chi connectivity index (χ4n) is 1.64. The van der Waals surface area contributed by atoms with Crippen molar-refractivity contribution in [3.8, 4) is 0 Å². The Bertz CT molecular complexity index is 195. The van der Waals surface area contributed by atoms with E-state index in [1.165, 1.54) is 0 Å². The van der Waals surface area contributed by atoms with E-state index in [4.69, 9.17) is 0 Å². The number of amides is 1. The molecule has 15 heavy (non-hydrogen) atoms. The van der Waals surface area contributed by atoms with E-state index in [1.807, 2.05) is 32.8 Å². The van der Waals surface area contributed by atoms with Crippen molar-refractivity contribution in [3.63, 3.8) is 0 Å². The largest absolute Gasteiger partial charge is 0.391 e. The van der Waals surface area contributed by atoms with Crippen molar-refractivity contribution < 1.29 is 9.90 Å². The van der Waals surface area contributed by atoms with Gasteiger partial charge in [-0.1, -0.05) is 0 Å². The number of aliphatic hydroxyl groups excluding tert-OH is 1. The van der Waals surface area contributed by atoms with Crippen molar-refractivity contribution >= 4 is 5.91 Å². The van der Waals surface area contributed by atoms with Crippen LogP contribution in [0, 0.1) is 0 Å². The molecule has 4 nitrogen and oxygen atoms in total. The Morgan fingerprint density at radius 2 is 1.93 bits per heavy atom. The summed E-state index contributed by atoms with van der Waals surface area (Å²) in [5, 5.41) is 9.90. The number of aliphatic hydroxyl groups is 1. The Kier molecular flexibility index (Phi) is 6.52. The van der Waals surface area contributed by atoms with E-state index in [-0.39, 0.29) is 11.9 Å². The van der Waals surface area contributed by atoms with Crippen molar-refractivity contribution in [3.05, 3.63) is 0 Å². The van der Waals surface area contributed by atoms with Gasteiger partial charge in [0.15, 0.2) is 0 Å². The van der Waals surface area contributed by atoms with Gasteiger partial charge in [-0.2, -0.15) is 0 Å². The number of carbonyl (C=O) groups excluding carboxylic acids is 1. The minimum absolute atomic E-state index is 0.0221. The zero-order valence-electron chi connectivity index (χ0n) is 10.5. The van der Waals surface area contributed by atoms with E-state index in [2.05, 4.69) is 0 Å². The standard InChI is InChI=1S/C11H24N2O2/c1-6-13(10(3)14)9(2)11(15)7-8-12(4)5/h9,11,15H,6-8H2,1-5H3. The first-order chi connectivity index (χ1) is 6.90. The van der Waals surface area contributed by atoms with Gasteiger partial charge in [0, 0.05) is 20.0 Å². The minimum Gasteiger partial charge on any atom is -0.391 e. The number of rotatable bonds is 6. The zero-order chi connectivity index (χ0) is 12.0. The van der Waals surface area contributed by atoms with Gasteiger partial charge in [0.25, 0.3) is 0 Å². The van der Waals surface area contributed by atoms with Crippen LogP contribution in [0.1, 0.15) is 27.2 Å². The van der Waals surface area contributed by atoms with Crippen LogP contribution in [-0.2, 0) is 4.79 Å². The molecule has 4 heteroatoms. The minimum atomic E-state index is -0.448. The van der Waals surface area contributed by atoms with Crippen LogP contribution in [0.5, 0.6) is 0 Å². The molecule has 0 saturated carbocycles. The lowest BCUT2D eigenvalue weighted by Gasteiger charge is -2.31. The summed E-state index contributed by atoms with van der Waals surface area (Å²) < 4.78 is 0. The predicted octanol–water partition coefficient (Wildman–Crippen LogP) is 0.556. The van der Waals surface area contributed by atoms with Crippen LogP contribution in [0.25, 0.3) is 0 Å². The lowest BCUT2D eigenvalue weighted by Crippen LogP contribution is -2.44. The van der Waals surface area contributed by atoms with Gasteiger partial charge in [-0.25, -0.2) is 0 Å². The van der Waals surface area contributed by atoms with Gasteiger partial charge in [0.1, 0.15) is 0 Å². The molecule has 2 unspecified atom stereocenters. The second-order valence-corrected chi connectivity index (χ2v) is 4.20. The monoisotopic (exact) mass is 216 g/mol. The highest BCUT2D eigenvalue weighted by atomic mass is 16.3. The summed E-state index contributed by atoms with van der Waals surface area (Å²) >= 11 is 0. The summed E-state index contributed by atoms with van der Waals surface area (Å²) in [5.74, 6) is 0.0221. The van der Waals surface area contributed by atoms with Crippen LogP contribution in [0.2, 0.25) is 0 Å². The average Bonchev–Trinajstić information content (AvgIpc) is 2.14. The summed E-state index contributed by atoms with van der Waals surface area (Å²) in [7, 11) is 3.94. The smallest absolute Gasteiger partial charge is 0.219 e. The molecule has 2 atom stereocenters. The molecule has 0 rings (SSSR count). The predicted molar refractivity (Wildman–Crippen MR) is 61.7 cm³/mol. The first-order valence-electron chi connectivity index (χ1n) is 5.50. The molecule has 0 aliphatic carbocycles. The number of likely N-dealkylation sites (N-methyl/N-ethyl adjacent to an activating group) is 1. The molecule has 0 spiro atoms. The van der Waals surface area contributed by atoms with Crippen LogP contribution < -0.4 is 0 Å². The molecule has 0 saturated heterocycles.